The second kappa shape index (κ2) is 6.10. The summed E-state index contributed by atoms with van der Waals surface area (Å²) in [5, 5.41) is 5.58. The van der Waals surface area contributed by atoms with Gasteiger partial charge < -0.3 is 4.74 Å². The van der Waals surface area contributed by atoms with Gasteiger partial charge in [-0.1, -0.05) is 18.2 Å². The van der Waals surface area contributed by atoms with E-state index < -0.39 is 12.1 Å². The van der Waals surface area contributed by atoms with Crippen LogP contribution in [0.1, 0.15) is 13.8 Å². The van der Waals surface area contributed by atoms with E-state index in [9.17, 15) is 9.59 Å². The van der Waals surface area contributed by atoms with Crippen LogP contribution >= 0.6 is 0 Å². The molecule has 0 bridgehead atoms. The number of esters is 1. The molecular weight excluding hydrogens is 258 g/mol. The van der Waals surface area contributed by atoms with E-state index in [1.165, 1.54) is 18.1 Å². The van der Waals surface area contributed by atoms with E-state index in [0.717, 1.165) is 0 Å². The van der Waals surface area contributed by atoms with E-state index in [1.807, 2.05) is 18.2 Å². The van der Waals surface area contributed by atoms with Gasteiger partial charge in [0.1, 0.15) is 5.71 Å². The Morgan fingerprint density at radius 1 is 1.30 bits per heavy atom. The minimum atomic E-state index is -0.902. The second-order valence-corrected chi connectivity index (χ2v) is 4.13. The Balaban J connectivity index is 2.36. The van der Waals surface area contributed by atoms with Crippen molar-refractivity contribution in [3.05, 3.63) is 30.3 Å². The van der Waals surface area contributed by atoms with Gasteiger partial charge in [0, 0.05) is 6.92 Å². The second-order valence-electron chi connectivity index (χ2n) is 4.13. The molecule has 0 fully saturated rings. The predicted octanol–water partition coefficient (Wildman–Crippen LogP) is 1.41. The maximum Gasteiger partial charge on any atom is 0.353 e. The smallest absolute Gasteiger partial charge is 0.353 e. The summed E-state index contributed by atoms with van der Waals surface area (Å²) in [4.78, 5) is 27.4. The minimum absolute atomic E-state index is 0.203. The molecule has 0 aromatic heterocycles. The zero-order chi connectivity index (χ0) is 14.5. The Bertz CT molecular complexity index is 566. The zero-order valence-corrected chi connectivity index (χ0v) is 11.3. The summed E-state index contributed by atoms with van der Waals surface area (Å²) in [6.07, 6.45) is 0.407. The third-order valence-corrected chi connectivity index (χ3v) is 2.66. The van der Waals surface area contributed by atoms with Gasteiger partial charge in [0.2, 0.25) is 6.17 Å². The van der Waals surface area contributed by atoms with E-state index >= 15 is 0 Å². The van der Waals surface area contributed by atoms with Crippen LogP contribution in [0.5, 0.6) is 0 Å². The summed E-state index contributed by atoms with van der Waals surface area (Å²) < 4.78 is 4.98. The molecule has 2 rings (SSSR count). The summed E-state index contributed by atoms with van der Waals surface area (Å²) in [5.41, 5.74) is 0.871. The van der Waals surface area contributed by atoms with Crippen LogP contribution in [0.2, 0.25) is 0 Å². The number of rotatable bonds is 4. The fourth-order valence-corrected chi connectivity index (χ4v) is 1.72. The van der Waals surface area contributed by atoms with E-state index in [0.29, 0.717) is 5.69 Å². The summed E-state index contributed by atoms with van der Waals surface area (Å²) >= 11 is 0. The van der Waals surface area contributed by atoms with Crippen LogP contribution in [-0.4, -0.2) is 36.5 Å². The van der Waals surface area contributed by atoms with E-state index in [4.69, 9.17) is 4.74 Å². The van der Waals surface area contributed by atoms with Crippen LogP contribution in [0.4, 0.5) is 5.69 Å². The Labute approximate surface area is 116 Å². The van der Waals surface area contributed by atoms with Gasteiger partial charge >= 0.3 is 5.97 Å². The van der Waals surface area contributed by atoms with Crippen molar-refractivity contribution < 1.29 is 14.3 Å². The van der Waals surface area contributed by atoms with E-state index in [2.05, 4.69) is 10.1 Å². The summed E-state index contributed by atoms with van der Waals surface area (Å²) in [5.74, 6) is -0.712. The third kappa shape index (κ3) is 2.90. The van der Waals surface area contributed by atoms with Crippen molar-refractivity contribution in [1.82, 2.24) is 0 Å². The summed E-state index contributed by atoms with van der Waals surface area (Å²) in [7, 11) is 0. The van der Waals surface area contributed by atoms with Crippen LogP contribution in [0.3, 0.4) is 0 Å². The highest BCUT2D eigenvalue weighted by molar-refractivity contribution is 6.61. The Morgan fingerprint density at radius 2 is 2.00 bits per heavy atom. The number of hydrogen-bond acceptors (Lipinski definition) is 6. The first kappa shape index (κ1) is 13.9. The van der Waals surface area contributed by atoms with Gasteiger partial charge in [0.25, 0.3) is 0 Å². The maximum absolute atomic E-state index is 11.9. The molecule has 1 heterocycles. The largest absolute Gasteiger partial charge is 0.463 e. The van der Waals surface area contributed by atoms with Gasteiger partial charge in [-0.2, -0.15) is 5.10 Å². The number of ketones is 1. The lowest BCUT2D eigenvalue weighted by atomic mass is 10.2. The molecule has 6 heteroatoms. The molecule has 1 unspecified atom stereocenters. The molecule has 1 aliphatic rings. The number of para-hydroxylation sites is 1. The van der Waals surface area contributed by atoms with Crippen molar-refractivity contribution in [2.45, 2.75) is 20.0 Å². The predicted molar refractivity (Wildman–Crippen MR) is 76.0 cm³/mol. The third-order valence-electron chi connectivity index (χ3n) is 2.66. The number of ether oxygens (including phenoxy) is 1. The van der Waals surface area contributed by atoms with Gasteiger partial charge in [0.15, 0.2) is 5.78 Å². The van der Waals surface area contributed by atoms with Crippen LogP contribution in [0.25, 0.3) is 0 Å². The zero-order valence-electron chi connectivity index (χ0n) is 11.3. The molecule has 1 aliphatic heterocycles. The van der Waals surface area contributed by atoms with Crippen LogP contribution < -0.4 is 5.01 Å². The van der Waals surface area contributed by atoms with E-state index in [-0.39, 0.29) is 18.1 Å². The summed E-state index contributed by atoms with van der Waals surface area (Å²) in [6, 6.07) is 9.06. The SMILES string of the molecule is CCOC(=O)C1N=CC(C(C)=O)=NN1c1ccccc1. The summed E-state index contributed by atoms with van der Waals surface area (Å²) in [6.45, 7) is 3.39. The quantitative estimate of drug-likeness (QED) is 0.778. The molecule has 0 saturated carbocycles. The molecule has 20 heavy (non-hydrogen) atoms. The average Bonchev–Trinajstić information content (AvgIpc) is 2.47. The average molecular weight is 273 g/mol. The lowest BCUT2D eigenvalue weighted by Gasteiger charge is -2.27. The highest BCUT2D eigenvalue weighted by Gasteiger charge is 2.30. The standard InChI is InChI=1S/C14H15N3O3/c1-3-20-14(19)13-15-9-12(10(2)18)16-17(13)11-7-5-4-6-8-11/h4-9,13H,3H2,1-2H3. The number of benzene rings is 1. The maximum atomic E-state index is 11.9. The number of carbonyl (C=O) groups excluding carboxylic acids is 2. The molecule has 6 nitrogen and oxygen atoms in total. The van der Waals surface area contributed by atoms with Crippen LogP contribution in [0, 0.1) is 0 Å². The number of hydrazone groups is 1. The molecule has 0 spiro atoms. The Kier molecular flexibility index (Phi) is 4.24. The number of carbonyl (C=O) groups is 2. The first-order valence-corrected chi connectivity index (χ1v) is 6.27. The minimum Gasteiger partial charge on any atom is -0.463 e. The monoisotopic (exact) mass is 273 g/mol. The number of aliphatic imine (C=N–C) groups is 1. The molecule has 1 aromatic rings. The molecule has 104 valence electrons. The molecule has 0 aliphatic carbocycles. The topological polar surface area (TPSA) is 71.3 Å². The van der Waals surface area contributed by atoms with E-state index in [1.54, 1.807) is 19.1 Å². The molecule has 0 N–H and O–H groups in total. The molecule has 0 radical (unpaired) electrons. The van der Waals surface area contributed by atoms with Crippen molar-refractivity contribution in [2.75, 3.05) is 11.6 Å². The molecule has 0 amide bonds. The van der Waals surface area contributed by atoms with Crippen molar-refractivity contribution in [3.8, 4) is 0 Å². The Hall–Kier alpha value is -2.50. The van der Waals surface area contributed by atoms with Gasteiger partial charge in [-0.05, 0) is 19.1 Å². The fraction of sp³-hybridized carbons (Fsp3) is 0.286. The lowest BCUT2D eigenvalue weighted by Crippen LogP contribution is -2.42. The van der Waals surface area contributed by atoms with Gasteiger partial charge in [-0.3, -0.25) is 9.79 Å². The van der Waals surface area contributed by atoms with Gasteiger partial charge in [-0.25, -0.2) is 9.80 Å². The first-order chi connectivity index (χ1) is 9.63. The molecule has 1 aromatic carbocycles. The molecule has 0 saturated heterocycles. The van der Waals surface area contributed by atoms with Crippen molar-refractivity contribution >= 4 is 29.4 Å². The van der Waals surface area contributed by atoms with Crippen molar-refractivity contribution in [1.29, 1.82) is 0 Å². The fourth-order valence-electron chi connectivity index (χ4n) is 1.72. The van der Waals surface area contributed by atoms with Gasteiger partial charge in [-0.15, -0.1) is 0 Å². The number of hydrogen-bond donors (Lipinski definition) is 0. The molecule has 1 atom stereocenters. The first-order valence-electron chi connectivity index (χ1n) is 6.27. The van der Waals surface area contributed by atoms with Gasteiger partial charge in [0.05, 0.1) is 18.5 Å². The Morgan fingerprint density at radius 3 is 2.60 bits per heavy atom. The number of nitrogens with zero attached hydrogens (tertiary/aromatic N) is 3. The highest BCUT2D eigenvalue weighted by Crippen LogP contribution is 2.20. The highest BCUT2D eigenvalue weighted by atomic mass is 16.5. The number of Topliss-reactive ketones (excluding diaryl/α,β-unsaturated/α-hetero) is 1. The number of anilines is 1. The van der Waals surface area contributed by atoms with Crippen molar-refractivity contribution in [3.63, 3.8) is 0 Å². The van der Waals surface area contributed by atoms with Crippen LogP contribution in [-0.2, 0) is 14.3 Å². The van der Waals surface area contributed by atoms with Crippen LogP contribution in [0.15, 0.2) is 40.4 Å². The lowest BCUT2D eigenvalue weighted by molar-refractivity contribution is -0.144. The molecular formula is C14H15N3O3. The normalized spacial score (nSPS) is 17.6. The van der Waals surface area contributed by atoms with Crippen molar-refractivity contribution in [2.24, 2.45) is 10.1 Å².